The smallest absolute Gasteiger partial charge is 0.325 e. The normalized spacial score (nSPS) is 26.1. The van der Waals surface area contributed by atoms with Crippen LogP contribution in [0.1, 0.15) is 71.6 Å². The van der Waals surface area contributed by atoms with Gasteiger partial charge in [0.1, 0.15) is 5.54 Å². The zero-order valence-electron chi connectivity index (χ0n) is 20.1. The fourth-order valence-electron chi connectivity index (χ4n) is 5.02. The number of amides is 3. The van der Waals surface area contributed by atoms with Crippen LogP contribution >= 0.6 is 24.0 Å². The lowest BCUT2D eigenvalue weighted by Crippen LogP contribution is -2.49. The summed E-state index contributed by atoms with van der Waals surface area (Å²) in [6, 6.07) is 0.168. The zero-order chi connectivity index (χ0) is 22.3. The molecule has 1 atom stereocenters. The summed E-state index contributed by atoms with van der Waals surface area (Å²) in [6.07, 6.45) is 10.7. The van der Waals surface area contributed by atoms with Crippen LogP contribution in [0.15, 0.2) is 4.99 Å². The van der Waals surface area contributed by atoms with Gasteiger partial charge in [0, 0.05) is 45.8 Å². The quantitative estimate of drug-likeness (QED) is 0.139. The topological polar surface area (TPSA) is 89.1 Å². The largest absolute Gasteiger partial charge is 0.356 e. The van der Waals surface area contributed by atoms with Crippen LogP contribution in [0.2, 0.25) is 0 Å². The Kier molecular flexibility index (Phi) is 11.0. The van der Waals surface area contributed by atoms with Crippen LogP contribution in [0.4, 0.5) is 4.79 Å². The average molecular weight is 563 g/mol. The first kappa shape index (κ1) is 27.1. The number of aliphatic imine (C=N–C) groups is 1. The Hall–Kier alpha value is -1.10. The molecule has 9 heteroatoms. The molecule has 3 rings (SSSR count). The van der Waals surface area contributed by atoms with Gasteiger partial charge >= 0.3 is 6.03 Å². The monoisotopic (exact) mass is 562 g/mol. The van der Waals surface area contributed by atoms with Gasteiger partial charge in [-0.2, -0.15) is 0 Å². The van der Waals surface area contributed by atoms with Crippen LogP contribution in [0.3, 0.4) is 0 Å². The molecule has 0 aromatic rings. The molecule has 0 aromatic carbocycles. The second-order valence-corrected chi connectivity index (χ2v) is 9.65. The number of halogens is 1. The lowest BCUT2D eigenvalue weighted by molar-refractivity contribution is -0.130. The van der Waals surface area contributed by atoms with Gasteiger partial charge in [-0.3, -0.25) is 14.7 Å². The second-order valence-electron chi connectivity index (χ2n) is 9.65. The van der Waals surface area contributed by atoms with E-state index in [9.17, 15) is 9.59 Å². The van der Waals surface area contributed by atoms with Crippen LogP contribution in [-0.2, 0) is 4.79 Å². The van der Waals surface area contributed by atoms with E-state index >= 15 is 0 Å². The first-order valence-corrected chi connectivity index (χ1v) is 12.3. The maximum Gasteiger partial charge on any atom is 0.325 e. The predicted molar refractivity (Wildman–Crippen MR) is 140 cm³/mol. The number of nitrogens with one attached hydrogen (secondary N) is 3. The zero-order valence-corrected chi connectivity index (χ0v) is 22.5. The number of likely N-dealkylation sites (tertiary alicyclic amines) is 1. The van der Waals surface area contributed by atoms with E-state index in [2.05, 4.69) is 25.8 Å². The summed E-state index contributed by atoms with van der Waals surface area (Å²) in [5, 5.41) is 9.69. The number of hydrogen-bond acceptors (Lipinski definition) is 4. The second kappa shape index (κ2) is 13.0. The van der Waals surface area contributed by atoms with E-state index in [0.29, 0.717) is 32.0 Å². The fraction of sp³-hybridized carbons (Fsp3) is 0.870. The van der Waals surface area contributed by atoms with Gasteiger partial charge in [0.15, 0.2) is 5.96 Å². The van der Waals surface area contributed by atoms with E-state index in [-0.39, 0.29) is 35.9 Å². The van der Waals surface area contributed by atoms with Crippen LogP contribution in [0, 0.1) is 5.92 Å². The van der Waals surface area contributed by atoms with Crippen LogP contribution in [0.25, 0.3) is 0 Å². The minimum absolute atomic E-state index is 0. The highest BCUT2D eigenvalue weighted by Gasteiger charge is 2.45. The summed E-state index contributed by atoms with van der Waals surface area (Å²) in [5.41, 5.74) is -0.756. The maximum absolute atomic E-state index is 12.5. The molecule has 32 heavy (non-hydrogen) atoms. The molecule has 2 aliphatic heterocycles. The molecule has 2 saturated heterocycles. The van der Waals surface area contributed by atoms with Crippen molar-refractivity contribution < 1.29 is 9.59 Å². The lowest BCUT2D eigenvalue weighted by atomic mass is 9.88. The molecule has 1 aliphatic carbocycles. The first-order valence-electron chi connectivity index (χ1n) is 12.3. The van der Waals surface area contributed by atoms with Gasteiger partial charge in [-0.25, -0.2) is 4.79 Å². The molecule has 3 aliphatic rings. The Morgan fingerprint density at radius 1 is 1.16 bits per heavy atom. The number of piperidine rings is 1. The number of rotatable bonds is 8. The highest BCUT2D eigenvalue weighted by molar-refractivity contribution is 14.0. The van der Waals surface area contributed by atoms with E-state index in [1.54, 1.807) is 14.0 Å². The molecule has 0 bridgehead atoms. The van der Waals surface area contributed by atoms with Gasteiger partial charge < -0.3 is 20.9 Å². The highest BCUT2D eigenvalue weighted by atomic mass is 127. The van der Waals surface area contributed by atoms with Crippen molar-refractivity contribution in [2.24, 2.45) is 10.9 Å². The molecule has 0 radical (unpaired) electrons. The molecule has 184 valence electrons. The Balaban J connectivity index is 0.00000363. The molecule has 2 heterocycles. The van der Waals surface area contributed by atoms with Crippen LogP contribution < -0.4 is 16.0 Å². The van der Waals surface area contributed by atoms with Crippen molar-refractivity contribution in [1.82, 2.24) is 25.8 Å². The van der Waals surface area contributed by atoms with Gasteiger partial charge in [0.2, 0.25) is 0 Å². The van der Waals surface area contributed by atoms with E-state index < -0.39 is 5.54 Å². The van der Waals surface area contributed by atoms with E-state index in [4.69, 9.17) is 0 Å². The Bertz CT molecular complexity index is 646. The molecular formula is C23H43IN6O2. The SMILES string of the molecule is CCC1(C)NC(=O)N(CCCNC(=NC)NC2CCN(CC3CCCCC3)CC2)C1=O.I. The van der Waals surface area contributed by atoms with Crippen molar-refractivity contribution in [3.05, 3.63) is 0 Å². The number of carbonyl (C=O) groups is 2. The number of imide groups is 1. The van der Waals surface area contributed by atoms with Crippen LogP contribution in [0.5, 0.6) is 0 Å². The van der Waals surface area contributed by atoms with Crippen LogP contribution in [-0.4, -0.2) is 79.0 Å². The van der Waals surface area contributed by atoms with Crippen molar-refractivity contribution in [1.29, 1.82) is 0 Å². The Labute approximate surface area is 210 Å². The van der Waals surface area contributed by atoms with E-state index in [0.717, 1.165) is 37.8 Å². The third-order valence-corrected chi connectivity index (χ3v) is 7.30. The molecule has 8 nitrogen and oxygen atoms in total. The van der Waals surface area contributed by atoms with E-state index in [1.165, 1.54) is 43.5 Å². The lowest BCUT2D eigenvalue weighted by Gasteiger charge is -2.36. The average Bonchev–Trinajstić information content (AvgIpc) is 3.00. The summed E-state index contributed by atoms with van der Waals surface area (Å²) < 4.78 is 0. The van der Waals surface area contributed by atoms with Gasteiger partial charge in [0.25, 0.3) is 5.91 Å². The van der Waals surface area contributed by atoms with Gasteiger partial charge in [-0.15, -0.1) is 24.0 Å². The van der Waals surface area contributed by atoms with Crippen molar-refractivity contribution in [2.75, 3.05) is 39.8 Å². The first-order chi connectivity index (χ1) is 14.9. The van der Waals surface area contributed by atoms with Gasteiger partial charge in [0.05, 0.1) is 0 Å². The maximum atomic E-state index is 12.5. The summed E-state index contributed by atoms with van der Waals surface area (Å²) in [5.74, 6) is 1.59. The molecule has 1 saturated carbocycles. The number of urea groups is 1. The Morgan fingerprint density at radius 2 is 1.84 bits per heavy atom. The summed E-state index contributed by atoms with van der Waals surface area (Å²) in [7, 11) is 1.79. The molecule has 0 spiro atoms. The third-order valence-electron chi connectivity index (χ3n) is 7.30. The number of hydrogen-bond donors (Lipinski definition) is 3. The molecule has 3 amide bonds. The molecule has 3 fully saturated rings. The third kappa shape index (κ3) is 7.20. The summed E-state index contributed by atoms with van der Waals surface area (Å²) in [6.45, 7) is 8.39. The van der Waals surface area contributed by atoms with Crippen molar-refractivity contribution in [2.45, 2.75) is 83.2 Å². The minimum atomic E-state index is -0.756. The van der Waals surface area contributed by atoms with Crippen molar-refractivity contribution >= 4 is 41.9 Å². The number of carbonyl (C=O) groups excluding carboxylic acids is 2. The molecule has 3 N–H and O–H groups in total. The Morgan fingerprint density at radius 3 is 2.44 bits per heavy atom. The van der Waals surface area contributed by atoms with Crippen molar-refractivity contribution in [3.63, 3.8) is 0 Å². The molecule has 0 aromatic heterocycles. The highest BCUT2D eigenvalue weighted by Crippen LogP contribution is 2.25. The molecular weight excluding hydrogens is 519 g/mol. The molecule has 1 unspecified atom stereocenters. The predicted octanol–water partition coefficient (Wildman–Crippen LogP) is 2.92. The fourth-order valence-corrected chi connectivity index (χ4v) is 5.02. The number of nitrogens with zero attached hydrogens (tertiary/aromatic N) is 3. The van der Waals surface area contributed by atoms with Gasteiger partial charge in [-0.05, 0) is 51.4 Å². The van der Waals surface area contributed by atoms with Crippen molar-refractivity contribution in [3.8, 4) is 0 Å². The van der Waals surface area contributed by atoms with E-state index in [1.807, 2.05) is 6.92 Å². The summed E-state index contributed by atoms with van der Waals surface area (Å²) >= 11 is 0. The minimum Gasteiger partial charge on any atom is -0.356 e. The summed E-state index contributed by atoms with van der Waals surface area (Å²) in [4.78, 5) is 32.9. The standard InChI is InChI=1S/C23H42N6O2.HI/c1-4-23(2)20(30)29(22(31)27-23)14-8-13-25-21(24-3)26-19-11-15-28(16-12-19)17-18-9-6-5-7-10-18;/h18-19H,4-17H2,1-3H3,(H,27,31)(H2,24,25,26);1H. The number of guanidine groups is 1. The van der Waals surface area contributed by atoms with Gasteiger partial charge in [-0.1, -0.05) is 26.2 Å².